The number of hydrogen-bond acceptors (Lipinski definition) is 6. The first-order valence-electron chi connectivity index (χ1n) is 4.34. The first-order valence-corrected chi connectivity index (χ1v) is 5.98. The van der Waals surface area contributed by atoms with Crippen LogP contribution >= 0.6 is 24.0 Å². The van der Waals surface area contributed by atoms with Crippen molar-refractivity contribution >= 4 is 40.2 Å². The molecule has 5 nitrogen and oxygen atoms in total. The average Bonchev–Trinajstić information content (AvgIpc) is 2.31. The summed E-state index contributed by atoms with van der Waals surface area (Å²) in [6.07, 6.45) is 3.86. The van der Waals surface area contributed by atoms with Crippen LogP contribution in [0.3, 0.4) is 0 Å². The summed E-state index contributed by atoms with van der Waals surface area (Å²) in [6, 6.07) is 0. The van der Waals surface area contributed by atoms with Gasteiger partial charge in [0.05, 0.1) is 13.7 Å². The summed E-state index contributed by atoms with van der Waals surface area (Å²) >= 11 is 6.28. The largest absolute Gasteiger partial charge is 0.466 e. The maximum Gasteiger partial charge on any atom is 0.331 e. The van der Waals surface area contributed by atoms with Crippen LogP contribution in [0, 0.1) is 0 Å². The molecule has 1 N–H and O–H groups in total. The molecule has 0 fully saturated rings. The van der Waals surface area contributed by atoms with Crippen LogP contribution in [0.5, 0.6) is 0 Å². The number of nitrogens with one attached hydrogen (secondary N) is 1. The van der Waals surface area contributed by atoms with E-state index in [0.717, 1.165) is 12.2 Å². The lowest BCUT2D eigenvalue weighted by Crippen LogP contribution is -2.23. The molecule has 0 unspecified atom stereocenters. The quantitative estimate of drug-likeness (QED) is 0.335. The van der Waals surface area contributed by atoms with Crippen LogP contribution in [0.2, 0.25) is 0 Å². The molecule has 0 aliphatic carbocycles. The lowest BCUT2D eigenvalue weighted by atomic mass is 10.5. The maximum absolute atomic E-state index is 11.0. The number of carbonyl (C=O) groups excluding carboxylic acids is 2. The third kappa shape index (κ3) is 8.25. The van der Waals surface area contributed by atoms with Gasteiger partial charge in [0.25, 0.3) is 0 Å². The zero-order chi connectivity index (χ0) is 12.4. The van der Waals surface area contributed by atoms with Gasteiger partial charge in [-0.05, 0) is 6.26 Å². The molecule has 0 rings (SSSR count). The molecule has 0 bridgehead atoms. The second-order valence-corrected chi connectivity index (χ2v) is 3.93. The van der Waals surface area contributed by atoms with Crippen LogP contribution in [-0.4, -0.2) is 42.8 Å². The molecule has 0 aliphatic rings. The number of thiocarbonyl (C=S) groups is 1. The number of hydrogen-bond donors (Lipinski definition) is 1. The van der Waals surface area contributed by atoms with Crippen molar-refractivity contribution < 1.29 is 19.1 Å². The summed E-state index contributed by atoms with van der Waals surface area (Å²) in [4.78, 5) is 21.6. The summed E-state index contributed by atoms with van der Waals surface area (Å²) in [5.74, 6) is -1.19. The highest BCUT2D eigenvalue weighted by Crippen LogP contribution is 1.92. The van der Waals surface area contributed by atoms with E-state index in [9.17, 15) is 9.59 Å². The van der Waals surface area contributed by atoms with E-state index in [-0.39, 0.29) is 6.61 Å². The molecule has 16 heavy (non-hydrogen) atoms. The highest BCUT2D eigenvalue weighted by atomic mass is 32.2. The van der Waals surface area contributed by atoms with Gasteiger partial charge in [-0.25, -0.2) is 9.59 Å². The van der Waals surface area contributed by atoms with E-state index in [2.05, 4.69) is 10.1 Å². The van der Waals surface area contributed by atoms with Gasteiger partial charge >= 0.3 is 11.9 Å². The molecule has 0 aromatic carbocycles. The topological polar surface area (TPSA) is 64.6 Å². The monoisotopic (exact) mass is 263 g/mol. The molecule has 7 heteroatoms. The predicted octanol–water partition coefficient (Wildman–Crippen LogP) is 0.496. The summed E-state index contributed by atoms with van der Waals surface area (Å²) in [5.41, 5.74) is 0. The Bertz CT molecular complexity index is 291. The Labute approximate surface area is 104 Å². The highest BCUT2D eigenvalue weighted by Gasteiger charge is 1.99. The second kappa shape index (κ2) is 9.17. The minimum absolute atomic E-state index is 0.186. The van der Waals surface area contributed by atoms with Gasteiger partial charge in [-0.2, -0.15) is 0 Å². The van der Waals surface area contributed by atoms with E-state index in [1.165, 1.54) is 18.9 Å². The van der Waals surface area contributed by atoms with Gasteiger partial charge in [-0.1, -0.05) is 12.2 Å². The Morgan fingerprint density at radius 3 is 2.56 bits per heavy atom. The number of methoxy groups -OCH3 is 1. The molecule has 90 valence electrons. The predicted molar refractivity (Wildman–Crippen MR) is 66.2 cm³/mol. The minimum atomic E-state index is -0.598. The van der Waals surface area contributed by atoms with Gasteiger partial charge in [-0.3, -0.25) is 0 Å². The Kier molecular flexibility index (Phi) is 8.55. The molecule has 0 spiro atoms. The van der Waals surface area contributed by atoms with Crippen molar-refractivity contribution in [2.24, 2.45) is 0 Å². The fourth-order valence-electron chi connectivity index (χ4n) is 0.629. The van der Waals surface area contributed by atoms with Crippen molar-refractivity contribution in [1.29, 1.82) is 0 Å². The highest BCUT2D eigenvalue weighted by molar-refractivity contribution is 8.22. The van der Waals surface area contributed by atoms with E-state index in [1.807, 2.05) is 6.26 Å². The number of carbonyl (C=O) groups is 2. The summed E-state index contributed by atoms with van der Waals surface area (Å²) in [7, 11) is 1.23. The van der Waals surface area contributed by atoms with Crippen molar-refractivity contribution in [3.05, 3.63) is 12.2 Å². The fourth-order valence-corrected chi connectivity index (χ4v) is 0.978. The zero-order valence-electron chi connectivity index (χ0n) is 9.02. The Morgan fingerprint density at radius 2 is 2.00 bits per heavy atom. The van der Waals surface area contributed by atoms with Gasteiger partial charge in [-0.15, -0.1) is 11.8 Å². The Morgan fingerprint density at radius 1 is 1.38 bits per heavy atom. The van der Waals surface area contributed by atoms with Crippen LogP contribution in [0.1, 0.15) is 0 Å². The molecular weight excluding hydrogens is 250 g/mol. The fraction of sp³-hybridized carbons (Fsp3) is 0.444. The number of ether oxygens (including phenoxy) is 2. The smallest absolute Gasteiger partial charge is 0.331 e. The van der Waals surface area contributed by atoms with Crippen molar-refractivity contribution in [2.75, 3.05) is 26.5 Å². The van der Waals surface area contributed by atoms with Crippen molar-refractivity contribution in [1.82, 2.24) is 5.32 Å². The van der Waals surface area contributed by atoms with Crippen molar-refractivity contribution in [3.63, 3.8) is 0 Å². The molecule has 0 aliphatic heterocycles. The first-order chi connectivity index (χ1) is 7.60. The third-order valence-electron chi connectivity index (χ3n) is 1.36. The summed E-state index contributed by atoms with van der Waals surface area (Å²) in [5, 5.41) is 2.87. The van der Waals surface area contributed by atoms with Gasteiger partial charge < -0.3 is 14.8 Å². The van der Waals surface area contributed by atoms with Crippen molar-refractivity contribution in [3.8, 4) is 0 Å². The third-order valence-corrected chi connectivity index (χ3v) is 2.52. The first kappa shape index (κ1) is 14.9. The molecule has 0 aromatic heterocycles. The number of thioether (sulfide) groups is 1. The molecule has 0 saturated carbocycles. The Hall–Kier alpha value is -1.08. The average molecular weight is 263 g/mol. The lowest BCUT2D eigenvalue weighted by molar-refractivity contribution is -0.139. The van der Waals surface area contributed by atoms with Crippen molar-refractivity contribution in [2.45, 2.75) is 0 Å². The van der Waals surface area contributed by atoms with Gasteiger partial charge in [0.15, 0.2) is 0 Å². The van der Waals surface area contributed by atoms with Crippen LogP contribution in [0.25, 0.3) is 0 Å². The van der Waals surface area contributed by atoms with Crippen LogP contribution in [-0.2, 0) is 19.1 Å². The van der Waals surface area contributed by atoms with E-state index in [1.54, 1.807) is 0 Å². The van der Waals surface area contributed by atoms with Crippen LogP contribution < -0.4 is 5.32 Å². The molecular formula is C9H13NO4S2. The number of rotatable bonds is 5. The standard InChI is InChI=1S/C9H13NO4S2/c1-13-7(11)3-4-8(12)14-6-5-10-9(15)16-2/h3-4H,5-6H2,1-2H3,(H,10,15). The normalized spacial score (nSPS) is 9.88. The van der Waals surface area contributed by atoms with Gasteiger partial charge in [0.2, 0.25) is 0 Å². The lowest BCUT2D eigenvalue weighted by Gasteiger charge is -2.04. The zero-order valence-corrected chi connectivity index (χ0v) is 10.7. The summed E-state index contributed by atoms with van der Waals surface area (Å²) in [6.45, 7) is 0.628. The van der Waals surface area contributed by atoms with Gasteiger partial charge in [0.1, 0.15) is 10.9 Å². The minimum Gasteiger partial charge on any atom is -0.466 e. The SMILES string of the molecule is COC(=O)C=CC(=O)OCCNC(=S)SC. The molecule has 0 aromatic rings. The molecule has 0 radical (unpaired) electrons. The Balaban J connectivity index is 3.62. The maximum atomic E-state index is 11.0. The summed E-state index contributed by atoms with van der Waals surface area (Å²) < 4.78 is 9.71. The molecule has 0 heterocycles. The molecule has 0 atom stereocenters. The van der Waals surface area contributed by atoms with E-state index < -0.39 is 11.9 Å². The van der Waals surface area contributed by atoms with E-state index in [0.29, 0.717) is 10.9 Å². The van der Waals surface area contributed by atoms with E-state index in [4.69, 9.17) is 17.0 Å². The van der Waals surface area contributed by atoms with Crippen LogP contribution in [0.15, 0.2) is 12.2 Å². The molecule has 0 saturated heterocycles. The van der Waals surface area contributed by atoms with Crippen LogP contribution in [0.4, 0.5) is 0 Å². The van der Waals surface area contributed by atoms with Gasteiger partial charge in [0, 0.05) is 12.2 Å². The second-order valence-electron chi connectivity index (χ2n) is 2.44. The molecule has 0 amide bonds. The number of esters is 2. The van der Waals surface area contributed by atoms with E-state index >= 15 is 0 Å².